The average molecular weight is 329 g/mol. The Morgan fingerprint density at radius 2 is 2.29 bits per heavy atom. The molecule has 1 unspecified atom stereocenters. The maximum absolute atomic E-state index is 12.7. The third-order valence-electron chi connectivity index (χ3n) is 4.34. The maximum atomic E-state index is 12.7. The standard InChI is InChI=1S/C17H23N5O2/c1-21-12-19-16(20-21)11-18-17(24)22(9-4-10-23)15-8-7-13-5-2-3-6-14(13)15/h2-3,5-6,12,15,23H,4,7-11H2,1H3,(H,18,24). The fourth-order valence-corrected chi connectivity index (χ4v) is 3.22. The number of aliphatic hydroxyl groups is 1. The van der Waals surface area contributed by atoms with Gasteiger partial charge in [0.05, 0.1) is 12.6 Å². The summed E-state index contributed by atoms with van der Waals surface area (Å²) in [5.74, 6) is 0.583. The van der Waals surface area contributed by atoms with Gasteiger partial charge < -0.3 is 15.3 Å². The van der Waals surface area contributed by atoms with Crippen molar-refractivity contribution in [3.63, 3.8) is 0 Å². The van der Waals surface area contributed by atoms with Crippen molar-refractivity contribution < 1.29 is 9.90 Å². The normalized spacial score (nSPS) is 16.0. The second kappa shape index (κ2) is 7.44. The van der Waals surface area contributed by atoms with E-state index in [-0.39, 0.29) is 18.7 Å². The fourth-order valence-electron chi connectivity index (χ4n) is 3.22. The molecule has 1 atom stereocenters. The monoisotopic (exact) mass is 329 g/mol. The number of carbonyl (C=O) groups excluding carboxylic acids is 1. The number of rotatable bonds is 6. The lowest BCUT2D eigenvalue weighted by atomic mass is 10.1. The van der Waals surface area contributed by atoms with Crippen LogP contribution in [0.2, 0.25) is 0 Å². The Bertz CT molecular complexity index is 700. The summed E-state index contributed by atoms with van der Waals surface area (Å²) in [6.45, 7) is 0.889. The number of nitrogens with zero attached hydrogens (tertiary/aromatic N) is 4. The highest BCUT2D eigenvalue weighted by Crippen LogP contribution is 2.35. The van der Waals surface area contributed by atoms with Crippen LogP contribution in [0.1, 0.15) is 35.8 Å². The molecule has 0 radical (unpaired) electrons. The molecule has 1 aromatic carbocycles. The predicted octanol–water partition coefficient (Wildman–Crippen LogP) is 1.40. The Labute approximate surface area is 141 Å². The van der Waals surface area contributed by atoms with Gasteiger partial charge in [0.25, 0.3) is 0 Å². The molecule has 1 aliphatic carbocycles. The maximum Gasteiger partial charge on any atom is 0.318 e. The van der Waals surface area contributed by atoms with E-state index < -0.39 is 0 Å². The molecule has 0 fully saturated rings. The number of hydrogen-bond acceptors (Lipinski definition) is 4. The number of aromatic nitrogens is 3. The number of hydrogen-bond donors (Lipinski definition) is 2. The number of nitrogens with one attached hydrogen (secondary N) is 1. The molecule has 0 saturated heterocycles. The molecule has 0 spiro atoms. The second-order valence-electron chi connectivity index (χ2n) is 6.02. The molecule has 2 amide bonds. The molecule has 24 heavy (non-hydrogen) atoms. The van der Waals surface area contributed by atoms with E-state index in [4.69, 9.17) is 5.11 Å². The van der Waals surface area contributed by atoms with Gasteiger partial charge in [-0.1, -0.05) is 24.3 Å². The molecule has 1 heterocycles. The first-order chi connectivity index (χ1) is 11.7. The van der Waals surface area contributed by atoms with Crippen molar-refractivity contribution in [1.29, 1.82) is 0 Å². The summed E-state index contributed by atoms with van der Waals surface area (Å²) in [4.78, 5) is 18.6. The smallest absolute Gasteiger partial charge is 0.318 e. The van der Waals surface area contributed by atoms with E-state index >= 15 is 0 Å². The van der Waals surface area contributed by atoms with E-state index in [2.05, 4.69) is 27.5 Å². The lowest BCUT2D eigenvalue weighted by molar-refractivity contribution is 0.164. The van der Waals surface area contributed by atoms with E-state index in [0.29, 0.717) is 25.3 Å². The molecule has 128 valence electrons. The molecule has 1 aliphatic rings. The van der Waals surface area contributed by atoms with Crippen LogP contribution in [-0.2, 0) is 20.0 Å². The molecular weight excluding hydrogens is 306 g/mol. The van der Waals surface area contributed by atoms with Gasteiger partial charge in [0.1, 0.15) is 6.33 Å². The summed E-state index contributed by atoms with van der Waals surface area (Å²) < 4.78 is 1.61. The quantitative estimate of drug-likeness (QED) is 0.839. The van der Waals surface area contributed by atoms with Crippen LogP contribution >= 0.6 is 0 Å². The summed E-state index contributed by atoms with van der Waals surface area (Å²) in [7, 11) is 1.79. The zero-order chi connectivity index (χ0) is 16.9. The van der Waals surface area contributed by atoms with Crippen LogP contribution in [0.5, 0.6) is 0 Å². The Balaban J connectivity index is 1.70. The SMILES string of the molecule is Cn1cnc(CNC(=O)N(CCCO)C2CCc3ccccc32)n1. The van der Waals surface area contributed by atoms with Crippen molar-refractivity contribution in [2.75, 3.05) is 13.2 Å². The lowest BCUT2D eigenvalue weighted by Crippen LogP contribution is -2.42. The average Bonchev–Trinajstić information content (AvgIpc) is 3.20. The number of aliphatic hydroxyl groups excluding tert-OH is 1. The third-order valence-corrected chi connectivity index (χ3v) is 4.34. The van der Waals surface area contributed by atoms with Crippen LogP contribution in [0, 0.1) is 0 Å². The topological polar surface area (TPSA) is 83.3 Å². The largest absolute Gasteiger partial charge is 0.396 e. The van der Waals surface area contributed by atoms with Crippen LogP contribution in [0.4, 0.5) is 4.79 Å². The second-order valence-corrected chi connectivity index (χ2v) is 6.02. The molecule has 7 nitrogen and oxygen atoms in total. The number of urea groups is 1. The van der Waals surface area contributed by atoms with Gasteiger partial charge in [0, 0.05) is 20.2 Å². The van der Waals surface area contributed by atoms with Crippen molar-refractivity contribution in [1.82, 2.24) is 25.0 Å². The number of fused-ring (bicyclic) bond motifs is 1. The first kappa shape index (κ1) is 16.4. The first-order valence-corrected chi connectivity index (χ1v) is 8.26. The zero-order valence-corrected chi connectivity index (χ0v) is 13.9. The molecule has 0 aliphatic heterocycles. The molecule has 0 saturated carbocycles. The third kappa shape index (κ3) is 3.56. The van der Waals surface area contributed by atoms with Gasteiger partial charge >= 0.3 is 6.03 Å². The summed E-state index contributed by atoms with van der Waals surface area (Å²) in [5.41, 5.74) is 2.51. The number of carbonyl (C=O) groups is 1. The molecule has 2 aromatic rings. The van der Waals surface area contributed by atoms with Gasteiger partial charge in [0.2, 0.25) is 0 Å². The minimum Gasteiger partial charge on any atom is -0.396 e. The molecule has 7 heteroatoms. The highest BCUT2D eigenvalue weighted by atomic mass is 16.3. The molecule has 3 rings (SSSR count). The molecule has 0 bridgehead atoms. The van der Waals surface area contributed by atoms with Gasteiger partial charge in [-0.15, -0.1) is 0 Å². The van der Waals surface area contributed by atoms with Crippen molar-refractivity contribution in [2.45, 2.75) is 31.8 Å². The summed E-state index contributed by atoms with van der Waals surface area (Å²) in [5, 5.41) is 16.2. The number of aryl methyl sites for hydroxylation is 2. The first-order valence-electron chi connectivity index (χ1n) is 8.26. The predicted molar refractivity (Wildman–Crippen MR) is 89.2 cm³/mol. The van der Waals surface area contributed by atoms with Crippen molar-refractivity contribution in [3.8, 4) is 0 Å². The Kier molecular flexibility index (Phi) is 5.10. The molecule has 2 N–H and O–H groups in total. The van der Waals surface area contributed by atoms with Crippen molar-refractivity contribution in [2.24, 2.45) is 7.05 Å². The van der Waals surface area contributed by atoms with Crippen molar-refractivity contribution in [3.05, 3.63) is 47.5 Å². The summed E-state index contributed by atoms with van der Waals surface area (Å²) in [6, 6.07) is 8.17. The van der Waals surface area contributed by atoms with Gasteiger partial charge in [-0.05, 0) is 30.4 Å². The molecular formula is C17H23N5O2. The van der Waals surface area contributed by atoms with Crippen LogP contribution in [-0.4, -0.2) is 44.0 Å². The Hall–Kier alpha value is -2.41. The van der Waals surface area contributed by atoms with E-state index in [9.17, 15) is 4.79 Å². The zero-order valence-electron chi connectivity index (χ0n) is 13.9. The lowest BCUT2D eigenvalue weighted by Gasteiger charge is -2.29. The summed E-state index contributed by atoms with van der Waals surface area (Å²) in [6.07, 6.45) is 4.07. The van der Waals surface area contributed by atoms with Gasteiger partial charge in [0.15, 0.2) is 5.82 Å². The van der Waals surface area contributed by atoms with Crippen LogP contribution in [0.25, 0.3) is 0 Å². The van der Waals surface area contributed by atoms with Gasteiger partial charge in [-0.2, -0.15) is 5.10 Å². The van der Waals surface area contributed by atoms with E-state index in [0.717, 1.165) is 12.8 Å². The van der Waals surface area contributed by atoms with Crippen LogP contribution in [0.3, 0.4) is 0 Å². The highest BCUT2D eigenvalue weighted by Gasteiger charge is 2.30. The minimum atomic E-state index is -0.141. The number of amides is 2. The molecule has 1 aromatic heterocycles. The van der Waals surface area contributed by atoms with Crippen molar-refractivity contribution >= 4 is 6.03 Å². The Morgan fingerprint density at radius 1 is 1.46 bits per heavy atom. The fraction of sp³-hybridized carbons (Fsp3) is 0.471. The van der Waals surface area contributed by atoms with Gasteiger partial charge in [-0.25, -0.2) is 9.78 Å². The van der Waals surface area contributed by atoms with E-state index in [1.54, 1.807) is 18.1 Å². The highest BCUT2D eigenvalue weighted by molar-refractivity contribution is 5.75. The minimum absolute atomic E-state index is 0.0597. The van der Waals surface area contributed by atoms with Gasteiger partial charge in [-0.3, -0.25) is 4.68 Å². The van der Waals surface area contributed by atoms with Crippen LogP contribution < -0.4 is 5.32 Å². The number of benzene rings is 1. The van der Waals surface area contributed by atoms with Crippen LogP contribution in [0.15, 0.2) is 30.6 Å². The summed E-state index contributed by atoms with van der Waals surface area (Å²) >= 11 is 0. The van der Waals surface area contributed by atoms with E-state index in [1.807, 2.05) is 17.0 Å². The van der Waals surface area contributed by atoms with E-state index in [1.165, 1.54) is 11.1 Å². The Morgan fingerprint density at radius 3 is 3.04 bits per heavy atom.